The molecule has 28 heavy (non-hydrogen) atoms. The fourth-order valence-corrected chi connectivity index (χ4v) is 2.62. The van der Waals surface area contributed by atoms with Crippen molar-refractivity contribution < 1.29 is 0 Å². The summed E-state index contributed by atoms with van der Waals surface area (Å²) in [6.07, 6.45) is 8.88. The lowest BCUT2D eigenvalue weighted by atomic mass is 10.1. The number of benzene rings is 2. The molecule has 146 valence electrons. The summed E-state index contributed by atoms with van der Waals surface area (Å²) in [6.45, 7) is 1.71. The molecule has 0 unspecified atom stereocenters. The van der Waals surface area contributed by atoms with Crippen molar-refractivity contribution in [3.05, 3.63) is 81.9 Å². The van der Waals surface area contributed by atoms with Crippen molar-refractivity contribution in [3.8, 4) is 0 Å². The van der Waals surface area contributed by atoms with Gasteiger partial charge in [-0.15, -0.1) is 12.4 Å². The number of hydrogen-bond acceptors (Lipinski definition) is 4. The van der Waals surface area contributed by atoms with Gasteiger partial charge >= 0.3 is 0 Å². The normalized spacial score (nSPS) is 13.6. The van der Waals surface area contributed by atoms with Crippen LogP contribution in [0.4, 0.5) is 0 Å². The van der Waals surface area contributed by atoms with Crippen molar-refractivity contribution in [1.29, 1.82) is 0 Å². The number of halogens is 3. The predicted molar refractivity (Wildman–Crippen MR) is 124 cm³/mol. The molecule has 0 radical (unpaired) electrons. The van der Waals surface area contributed by atoms with Crippen LogP contribution in [0.1, 0.15) is 17.5 Å². The average molecular weight is 436 g/mol. The number of nitrogens with one attached hydrogen (secondary N) is 2. The molecule has 7 heteroatoms. The Labute approximate surface area is 181 Å². The maximum atomic E-state index is 5.94. The first-order valence-corrected chi connectivity index (χ1v) is 9.44. The largest absolute Gasteiger partial charge is 0.355 e. The fraction of sp³-hybridized carbons (Fsp3) is 0.143. The second-order valence-corrected chi connectivity index (χ2v) is 6.80. The molecule has 1 aliphatic heterocycles. The number of hydrogen-bond donors (Lipinski definition) is 2. The zero-order valence-corrected chi connectivity index (χ0v) is 17.4. The van der Waals surface area contributed by atoms with E-state index in [1.54, 1.807) is 0 Å². The zero-order chi connectivity index (χ0) is 18.9. The van der Waals surface area contributed by atoms with Crippen LogP contribution in [-0.4, -0.2) is 24.8 Å². The maximum absolute atomic E-state index is 5.94. The third-order valence-electron chi connectivity index (χ3n) is 3.82. The lowest BCUT2D eigenvalue weighted by Crippen LogP contribution is -2.38. The van der Waals surface area contributed by atoms with Gasteiger partial charge in [-0.2, -0.15) is 5.10 Å². The maximum Gasteiger partial charge on any atom is 0.212 e. The first-order chi connectivity index (χ1) is 13.2. The lowest BCUT2D eigenvalue weighted by molar-refractivity contribution is 0.711. The van der Waals surface area contributed by atoms with E-state index in [0.29, 0.717) is 16.0 Å². The molecule has 0 saturated heterocycles. The Kier molecular flexibility index (Phi) is 9.08. The van der Waals surface area contributed by atoms with Gasteiger partial charge in [0.1, 0.15) is 0 Å². The predicted octanol–water partition coefficient (Wildman–Crippen LogP) is 5.44. The summed E-state index contributed by atoms with van der Waals surface area (Å²) in [4.78, 5) is 4.37. The van der Waals surface area contributed by atoms with E-state index in [9.17, 15) is 0 Å². The monoisotopic (exact) mass is 434 g/mol. The van der Waals surface area contributed by atoms with E-state index in [1.807, 2.05) is 72.8 Å². The molecule has 0 atom stereocenters. The Bertz CT molecular complexity index is 812. The third kappa shape index (κ3) is 7.39. The van der Waals surface area contributed by atoms with E-state index < -0.39 is 0 Å². The Morgan fingerprint density at radius 2 is 1.46 bits per heavy atom. The summed E-state index contributed by atoms with van der Waals surface area (Å²) in [5.74, 6) is 0.693. The fourth-order valence-electron chi connectivity index (χ4n) is 2.37. The van der Waals surface area contributed by atoms with E-state index in [2.05, 4.69) is 20.8 Å². The molecule has 0 aromatic heterocycles. The van der Waals surface area contributed by atoms with E-state index in [1.165, 1.54) is 0 Å². The molecule has 2 aromatic rings. The highest BCUT2D eigenvalue weighted by molar-refractivity contribution is 6.30. The molecule has 4 nitrogen and oxygen atoms in total. The number of allylic oxidation sites excluding steroid dienone is 2. The van der Waals surface area contributed by atoms with Crippen LogP contribution in [0, 0.1) is 0 Å². The Morgan fingerprint density at radius 3 is 1.93 bits per heavy atom. The number of aliphatic imine (C=N–C) groups is 1. The van der Waals surface area contributed by atoms with Gasteiger partial charge in [0.15, 0.2) is 0 Å². The van der Waals surface area contributed by atoms with Crippen molar-refractivity contribution >= 4 is 59.4 Å². The number of hydrazone groups is 1. The van der Waals surface area contributed by atoms with E-state index in [-0.39, 0.29) is 12.4 Å². The average Bonchev–Trinajstić information content (AvgIpc) is 2.70. The van der Waals surface area contributed by atoms with Crippen molar-refractivity contribution in [3.63, 3.8) is 0 Å². The van der Waals surface area contributed by atoms with Crippen molar-refractivity contribution in [1.82, 2.24) is 10.7 Å². The molecule has 0 saturated carbocycles. The summed E-state index contributed by atoms with van der Waals surface area (Å²) in [7, 11) is 0. The molecule has 0 aliphatic carbocycles. The Morgan fingerprint density at radius 1 is 0.929 bits per heavy atom. The van der Waals surface area contributed by atoms with Gasteiger partial charge in [0.05, 0.1) is 5.71 Å². The van der Waals surface area contributed by atoms with Crippen LogP contribution in [0.2, 0.25) is 10.0 Å². The molecule has 1 heterocycles. The van der Waals surface area contributed by atoms with E-state index >= 15 is 0 Å². The Hall–Kier alpha value is -2.27. The molecule has 2 aromatic carbocycles. The van der Waals surface area contributed by atoms with Gasteiger partial charge in [0, 0.05) is 23.1 Å². The van der Waals surface area contributed by atoms with Crippen molar-refractivity contribution in [2.24, 2.45) is 10.1 Å². The van der Waals surface area contributed by atoms with Gasteiger partial charge in [0.2, 0.25) is 5.96 Å². The quantitative estimate of drug-likeness (QED) is 0.485. The summed E-state index contributed by atoms with van der Waals surface area (Å²) in [5.41, 5.74) is 5.84. The van der Waals surface area contributed by atoms with Crippen LogP contribution < -0.4 is 10.7 Å². The highest BCUT2D eigenvalue weighted by Crippen LogP contribution is 2.12. The van der Waals surface area contributed by atoms with Gasteiger partial charge in [-0.25, -0.2) is 5.43 Å². The second kappa shape index (κ2) is 11.5. The Balaban J connectivity index is 0.00000280. The molecule has 0 fully saturated rings. The van der Waals surface area contributed by atoms with Crippen LogP contribution in [0.3, 0.4) is 0 Å². The van der Waals surface area contributed by atoms with Crippen LogP contribution >= 0.6 is 35.6 Å². The first kappa shape index (κ1) is 22.0. The highest BCUT2D eigenvalue weighted by Gasteiger charge is 2.01. The molecular formula is C21H21Cl3N4. The van der Waals surface area contributed by atoms with Crippen molar-refractivity contribution in [2.45, 2.75) is 6.42 Å². The van der Waals surface area contributed by atoms with Crippen molar-refractivity contribution in [2.75, 3.05) is 13.1 Å². The molecule has 0 bridgehead atoms. The highest BCUT2D eigenvalue weighted by atomic mass is 35.5. The minimum atomic E-state index is 0. The second-order valence-electron chi connectivity index (χ2n) is 5.93. The summed E-state index contributed by atoms with van der Waals surface area (Å²) in [6, 6.07) is 15.3. The van der Waals surface area contributed by atoms with Crippen LogP contribution in [0.15, 0.2) is 70.8 Å². The summed E-state index contributed by atoms with van der Waals surface area (Å²) in [5, 5.41) is 9.08. The lowest BCUT2D eigenvalue weighted by Gasteiger charge is -2.13. The van der Waals surface area contributed by atoms with E-state index in [0.717, 1.165) is 36.3 Å². The smallest absolute Gasteiger partial charge is 0.212 e. The van der Waals surface area contributed by atoms with Crippen LogP contribution in [0.25, 0.3) is 12.2 Å². The number of nitrogens with zero attached hydrogens (tertiary/aromatic N) is 2. The number of rotatable bonds is 5. The van der Waals surface area contributed by atoms with Gasteiger partial charge in [-0.3, -0.25) is 4.99 Å². The van der Waals surface area contributed by atoms with Gasteiger partial charge < -0.3 is 5.32 Å². The SMILES string of the molecule is Cl.Clc1ccc(C=CC(C=Cc2ccc(Cl)cc2)=NNC2=NCCCN2)cc1. The first-order valence-electron chi connectivity index (χ1n) is 8.68. The van der Waals surface area contributed by atoms with Gasteiger partial charge in [0.25, 0.3) is 0 Å². The standard InChI is InChI=1S/C21H20Cl2N4.ClH/c22-18-8-2-16(3-9-18)6-12-20(26-27-21-24-14-1-15-25-21)13-7-17-4-10-19(23)11-5-17;/h2-13H,1,14-15H2,(H2,24,25,27);1H. The molecule has 1 aliphatic rings. The third-order valence-corrected chi connectivity index (χ3v) is 4.33. The summed E-state index contributed by atoms with van der Waals surface area (Å²) >= 11 is 11.9. The zero-order valence-electron chi connectivity index (χ0n) is 15.1. The minimum absolute atomic E-state index is 0. The van der Waals surface area contributed by atoms with E-state index in [4.69, 9.17) is 23.2 Å². The topological polar surface area (TPSA) is 48.8 Å². The van der Waals surface area contributed by atoms with Gasteiger partial charge in [-0.1, -0.05) is 59.6 Å². The molecule has 0 amide bonds. The minimum Gasteiger partial charge on any atom is -0.355 e. The molecule has 2 N–H and O–H groups in total. The number of guanidine groups is 1. The molecule has 0 spiro atoms. The molecule has 3 rings (SSSR count). The van der Waals surface area contributed by atoms with Crippen LogP contribution in [-0.2, 0) is 0 Å². The van der Waals surface area contributed by atoms with Gasteiger partial charge in [-0.05, 0) is 54.0 Å². The van der Waals surface area contributed by atoms with Crippen LogP contribution in [0.5, 0.6) is 0 Å². The summed E-state index contributed by atoms with van der Waals surface area (Å²) < 4.78 is 0. The molecular weight excluding hydrogens is 415 g/mol.